The van der Waals surface area contributed by atoms with Gasteiger partial charge in [0.15, 0.2) is 12.4 Å². The SMILES string of the molecule is COC(=O)[C@H]1CCN(c2cc(F)c(-c3cc4nc(C(=O)N5CCc6ccccc6[C@H]5C)cc(C5CC5)n4n3)c(OCOCC[Si](C)(C)C)c2)C1. The molecule has 1 saturated carbocycles. The Morgan fingerprint density at radius 3 is 2.60 bits per heavy atom. The number of nitrogens with zero attached hydrogens (tertiary/aromatic N) is 5. The quantitative estimate of drug-likeness (QED) is 0.0725. The average Bonchev–Trinajstić information content (AvgIpc) is 3.65. The minimum absolute atomic E-state index is 0.0418. The maximum absolute atomic E-state index is 16.4. The van der Waals surface area contributed by atoms with Gasteiger partial charge in [0.2, 0.25) is 0 Å². The molecule has 2 aromatic carbocycles. The van der Waals surface area contributed by atoms with E-state index in [1.807, 2.05) is 28.0 Å². The minimum atomic E-state index is -1.31. The molecule has 3 aliphatic rings. The lowest BCUT2D eigenvalue weighted by molar-refractivity contribution is -0.144. The van der Waals surface area contributed by atoms with E-state index >= 15 is 4.39 Å². The molecule has 0 bridgehead atoms. The maximum atomic E-state index is 16.4. The van der Waals surface area contributed by atoms with Crippen molar-refractivity contribution in [1.82, 2.24) is 19.5 Å². The van der Waals surface area contributed by atoms with E-state index < -0.39 is 13.9 Å². The molecule has 12 heteroatoms. The number of amides is 1. The fraction of sp³-hybridized carbons (Fsp3) is 0.474. The van der Waals surface area contributed by atoms with Crippen molar-refractivity contribution in [2.45, 2.75) is 70.3 Å². The van der Waals surface area contributed by atoms with Crippen molar-refractivity contribution in [3.63, 3.8) is 0 Å². The first kappa shape index (κ1) is 34.2. The topological polar surface area (TPSA) is 98.5 Å². The van der Waals surface area contributed by atoms with Gasteiger partial charge in [-0.2, -0.15) is 5.10 Å². The molecule has 2 fully saturated rings. The molecule has 0 N–H and O–H groups in total. The molecule has 2 aliphatic heterocycles. The second kappa shape index (κ2) is 13.8. The van der Waals surface area contributed by atoms with Gasteiger partial charge in [0.25, 0.3) is 5.91 Å². The van der Waals surface area contributed by atoms with E-state index in [2.05, 4.69) is 38.7 Å². The number of fused-ring (bicyclic) bond motifs is 2. The molecule has 1 amide bonds. The molecule has 2 aromatic heterocycles. The van der Waals surface area contributed by atoms with E-state index in [4.69, 9.17) is 24.3 Å². The number of hydrogen-bond donors (Lipinski definition) is 0. The second-order valence-corrected chi connectivity index (χ2v) is 20.6. The Labute approximate surface area is 293 Å². The molecule has 0 spiro atoms. The molecule has 4 heterocycles. The highest BCUT2D eigenvalue weighted by Crippen LogP contribution is 2.42. The van der Waals surface area contributed by atoms with E-state index in [0.29, 0.717) is 61.1 Å². The van der Waals surface area contributed by atoms with Crippen LogP contribution in [0.2, 0.25) is 25.7 Å². The molecule has 1 saturated heterocycles. The Bertz CT molecular complexity index is 1920. The molecular formula is C38H46FN5O5Si. The first-order chi connectivity index (χ1) is 24.0. The number of anilines is 1. The highest BCUT2D eigenvalue weighted by atomic mass is 28.3. The first-order valence-corrected chi connectivity index (χ1v) is 21.4. The summed E-state index contributed by atoms with van der Waals surface area (Å²) in [6.45, 7) is 11.1. The van der Waals surface area contributed by atoms with E-state index in [1.165, 1.54) is 18.7 Å². The van der Waals surface area contributed by atoms with Gasteiger partial charge in [-0.15, -0.1) is 0 Å². The van der Waals surface area contributed by atoms with Crippen LogP contribution in [0.1, 0.15) is 65.5 Å². The summed E-state index contributed by atoms with van der Waals surface area (Å²) in [4.78, 5) is 34.9. The number of rotatable bonds is 11. The van der Waals surface area contributed by atoms with Crippen LogP contribution in [-0.4, -0.2) is 79.6 Å². The zero-order valence-corrected chi connectivity index (χ0v) is 30.6. The van der Waals surface area contributed by atoms with Gasteiger partial charge >= 0.3 is 5.97 Å². The molecule has 0 unspecified atom stereocenters. The smallest absolute Gasteiger partial charge is 0.310 e. The summed E-state index contributed by atoms with van der Waals surface area (Å²) in [6.07, 6.45) is 3.40. The van der Waals surface area contributed by atoms with Crippen molar-refractivity contribution in [2.75, 3.05) is 45.0 Å². The fourth-order valence-corrected chi connectivity index (χ4v) is 7.86. The number of methoxy groups -OCH3 is 1. The van der Waals surface area contributed by atoms with Gasteiger partial charge < -0.3 is 24.0 Å². The zero-order chi connectivity index (χ0) is 35.2. The predicted octanol–water partition coefficient (Wildman–Crippen LogP) is 6.86. The summed E-state index contributed by atoms with van der Waals surface area (Å²) >= 11 is 0. The van der Waals surface area contributed by atoms with E-state index in [-0.39, 0.29) is 42.1 Å². The lowest BCUT2D eigenvalue weighted by Gasteiger charge is -2.35. The Morgan fingerprint density at radius 1 is 1.04 bits per heavy atom. The van der Waals surface area contributed by atoms with Crippen molar-refractivity contribution in [2.24, 2.45) is 5.92 Å². The van der Waals surface area contributed by atoms with Crippen molar-refractivity contribution < 1.29 is 28.2 Å². The summed E-state index contributed by atoms with van der Waals surface area (Å²) in [5.74, 6) is -0.623. The summed E-state index contributed by atoms with van der Waals surface area (Å²) < 4.78 is 35.1. The standard InChI is InChI=1S/C38H46FN5O5Si/c1-24-29-9-7-6-8-25(29)13-15-43(24)37(45)32-20-33(26-10-11-26)44-35(40-32)21-31(41-44)36-30(39)18-28(42-14-12-27(22-42)38(46)47-2)19-34(36)49-23-48-16-17-50(3,4)5/h6-9,18-21,24,26-27H,10-17,22-23H2,1-5H3/t24-,27+/m1/s1. The molecule has 264 valence electrons. The predicted molar refractivity (Wildman–Crippen MR) is 192 cm³/mol. The molecule has 1 aliphatic carbocycles. The summed E-state index contributed by atoms with van der Waals surface area (Å²) in [5, 5.41) is 4.87. The van der Waals surface area contributed by atoms with Crippen LogP contribution in [0.4, 0.5) is 10.1 Å². The number of halogens is 1. The zero-order valence-electron chi connectivity index (χ0n) is 29.6. The summed E-state index contributed by atoms with van der Waals surface area (Å²) in [5.41, 5.74) is 5.36. The average molecular weight is 700 g/mol. The Kier molecular flexibility index (Phi) is 9.42. The largest absolute Gasteiger partial charge is 0.469 e. The van der Waals surface area contributed by atoms with Crippen molar-refractivity contribution >= 4 is 31.3 Å². The van der Waals surface area contributed by atoms with Gasteiger partial charge in [0.05, 0.1) is 24.6 Å². The van der Waals surface area contributed by atoms with Crippen LogP contribution in [0.3, 0.4) is 0 Å². The number of esters is 1. The lowest BCUT2D eigenvalue weighted by atomic mass is 9.93. The van der Waals surface area contributed by atoms with Gasteiger partial charge in [-0.25, -0.2) is 13.9 Å². The third-order valence-corrected chi connectivity index (χ3v) is 11.9. The fourth-order valence-electron chi connectivity index (χ4n) is 7.10. The van der Waals surface area contributed by atoms with Crippen molar-refractivity contribution in [3.05, 3.63) is 76.9 Å². The van der Waals surface area contributed by atoms with Crippen molar-refractivity contribution in [3.8, 4) is 17.0 Å². The summed E-state index contributed by atoms with van der Waals surface area (Å²) in [7, 11) is 0.0780. The van der Waals surface area contributed by atoms with Crippen LogP contribution >= 0.6 is 0 Å². The number of ether oxygens (including phenoxy) is 3. The lowest BCUT2D eigenvalue weighted by Crippen LogP contribution is -2.39. The van der Waals surface area contributed by atoms with E-state index in [0.717, 1.165) is 36.6 Å². The van der Waals surface area contributed by atoms with Gasteiger partial charge in [0.1, 0.15) is 23.0 Å². The minimum Gasteiger partial charge on any atom is -0.469 e. The normalized spacial score (nSPS) is 19.2. The monoisotopic (exact) mass is 699 g/mol. The van der Waals surface area contributed by atoms with Crippen LogP contribution < -0.4 is 9.64 Å². The van der Waals surface area contributed by atoms with Gasteiger partial charge in [-0.3, -0.25) is 9.59 Å². The molecule has 7 rings (SSSR count). The van der Waals surface area contributed by atoms with E-state index in [1.54, 1.807) is 16.6 Å². The van der Waals surface area contributed by atoms with E-state index in [9.17, 15) is 9.59 Å². The van der Waals surface area contributed by atoms with Gasteiger partial charge in [-0.1, -0.05) is 43.9 Å². The first-order valence-electron chi connectivity index (χ1n) is 17.7. The van der Waals surface area contributed by atoms with Gasteiger partial charge in [-0.05, 0) is 61.9 Å². The second-order valence-electron chi connectivity index (χ2n) is 15.0. The van der Waals surface area contributed by atoms with Crippen LogP contribution in [0.25, 0.3) is 16.9 Å². The number of hydrogen-bond acceptors (Lipinski definition) is 8. The highest BCUT2D eigenvalue weighted by Gasteiger charge is 2.34. The third kappa shape index (κ3) is 7.00. The molecule has 2 atom stereocenters. The van der Waals surface area contributed by atoms with Crippen LogP contribution in [-0.2, 0) is 20.7 Å². The Hall–Kier alpha value is -4.29. The Morgan fingerprint density at radius 2 is 1.84 bits per heavy atom. The maximum Gasteiger partial charge on any atom is 0.310 e. The highest BCUT2D eigenvalue weighted by molar-refractivity contribution is 6.76. The number of benzene rings is 2. The molecule has 4 aromatic rings. The van der Waals surface area contributed by atoms with Crippen LogP contribution in [0.15, 0.2) is 48.5 Å². The molecule has 10 nitrogen and oxygen atoms in total. The third-order valence-electron chi connectivity index (χ3n) is 10.2. The van der Waals surface area contributed by atoms with Crippen LogP contribution in [0.5, 0.6) is 5.75 Å². The number of carbonyl (C=O) groups excluding carboxylic acids is 2. The molecular weight excluding hydrogens is 654 g/mol. The summed E-state index contributed by atoms with van der Waals surface area (Å²) in [6, 6.07) is 16.0. The van der Waals surface area contributed by atoms with Crippen LogP contribution in [0, 0.1) is 11.7 Å². The molecule has 50 heavy (non-hydrogen) atoms. The number of aromatic nitrogens is 3. The number of carbonyl (C=O) groups is 2. The molecule has 0 radical (unpaired) electrons. The Balaban J connectivity index is 1.22. The van der Waals surface area contributed by atoms with Crippen molar-refractivity contribution in [1.29, 1.82) is 0 Å². The van der Waals surface area contributed by atoms with Gasteiger partial charge in [0, 0.05) is 63.7 Å².